The Morgan fingerprint density at radius 3 is 2.48 bits per heavy atom. The zero-order chi connectivity index (χ0) is 20.5. The van der Waals surface area contributed by atoms with Gasteiger partial charge in [-0.15, -0.1) is 0 Å². The summed E-state index contributed by atoms with van der Waals surface area (Å²) in [4.78, 5) is 53.2. The molecule has 1 aliphatic heterocycles. The topological polar surface area (TPSA) is 123 Å². The van der Waals surface area contributed by atoms with Crippen LogP contribution in [0.15, 0.2) is 66.9 Å². The van der Waals surface area contributed by atoms with Crippen LogP contribution in [0.25, 0.3) is 0 Å². The Morgan fingerprint density at radius 1 is 0.966 bits per heavy atom. The number of hydrogen-bond donors (Lipinski definition) is 1. The summed E-state index contributed by atoms with van der Waals surface area (Å²) in [5.41, 5.74) is 0.196. The van der Waals surface area contributed by atoms with Crippen LogP contribution in [0.3, 0.4) is 0 Å². The third-order valence-electron chi connectivity index (χ3n) is 4.35. The molecule has 1 N–H and O–H groups in total. The number of rotatable bonds is 4. The first-order valence-corrected chi connectivity index (χ1v) is 8.45. The molecule has 0 atom stereocenters. The second-order valence-corrected chi connectivity index (χ2v) is 6.15. The van der Waals surface area contributed by atoms with Gasteiger partial charge in [-0.2, -0.15) is 0 Å². The molecule has 0 saturated carbocycles. The summed E-state index contributed by atoms with van der Waals surface area (Å²) >= 11 is 0. The predicted molar refractivity (Wildman–Crippen MR) is 103 cm³/mol. The number of aromatic nitrogens is 1. The Hall–Kier alpha value is -4.40. The average Bonchev–Trinajstić information content (AvgIpc) is 2.98. The van der Waals surface area contributed by atoms with Gasteiger partial charge in [0.15, 0.2) is 0 Å². The summed E-state index contributed by atoms with van der Waals surface area (Å²) in [6.45, 7) is 0. The van der Waals surface area contributed by atoms with Crippen molar-refractivity contribution in [2.75, 3.05) is 10.2 Å². The van der Waals surface area contributed by atoms with Crippen LogP contribution in [0.5, 0.6) is 0 Å². The molecule has 0 saturated heterocycles. The molecule has 1 aliphatic rings. The van der Waals surface area contributed by atoms with Gasteiger partial charge in [0.25, 0.3) is 23.4 Å². The number of benzene rings is 2. The maximum Gasteiger partial charge on any atom is 0.271 e. The summed E-state index contributed by atoms with van der Waals surface area (Å²) in [5, 5.41) is 13.6. The highest BCUT2D eigenvalue weighted by Gasteiger charge is 2.37. The molecule has 1 aromatic heterocycles. The summed E-state index contributed by atoms with van der Waals surface area (Å²) in [6.07, 6.45) is 1.53. The summed E-state index contributed by atoms with van der Waals surface area (Å²) in [5.74, 6) is -1.40. The number of nitro benzene ring substituents is 1. The van der Waals surface area contributed by atoms with E-state index < -0.39 is 22.6 Å². The van der Waals surface area contributed by atoms with Crippen LogP contribution in [0.1, 0.15) is 31.1 Å². The van der Waals surface area contributed by atoms with Gasteiger partial charge in [-0.05, 0) is 36.4 Å². The SMILES string of the molecule is O=C(Nc1ccccn1)c1ccc2c(c1)C(=O)N(c1cccc([N+](=O)[O-])c1)C2=O. The van der Waals surface area contributed by atoms with E-state index in [2.05, 4.69) is 10.3 Å². The lowest BCUT2D eigenvalue weighted by molar-refractivity contribution is -0.384. The molecule has 142 valence electrons. The van der Waals surface area contributed by atoms with E-state index in [1.54, 1.807) is 18.2 Å². The van der Waals surface area contributed by atoms with Crippen LogP contribution in [-0.4, -0.2) is 27.6 Å². The monoisotopic (exact) mass is 388 g/mol. The first kappa shape index (κ1) is 18.0. The van der Waals surface area contributed by atoms with Gasteiger partial charge in [-0.25, -0.2) is 9.88 Å². The minimum absolute atomic E-state index is 0.0511. The van der Waals surface area contributed by atoms with Crippen molar-refractivity contribution < 1.29 is 19.3 Å². The molecule has 0 bridgehead atoms. The average molecular weight is 388 g/mol. The number of nitrogens with one attached hydrogen (secondary N) is 1. The third kappa shape index (κ3) is 3.21. The van der Waals surface area contributed by atoms with E-state index in [0.717, 1.165) is 11.0 Å². The van der Waals surface area contributed by atoms with Crippen LogP contribution in [0, 0.1) is 10.1 Å². The number of fused-ring (bicyclic) bond motifs is 1. The van der Waals surface area contributed by atoms with E-state index in [9.17, 15) is 24.5 Å². The lowest BCUT2D eigenvalue weighted by Crippen LogP contribution is -2.29. The lowest BCUT2D eigenvalue weighted by atomic mass is 10.1. The fraction of sp³-hybridized carbons (Fsp3) is 0. The fourth-order valence-corrected chi connectivity index (χ4v) is 2.99. The van der Waals surface area contributed by atoms with E-state index >= 15 is 0 Å². The van der Waals surface area contributed by atoms with E-state index in [1.807, 2.05) is 0 Å². The predicted octanol–water partition coefficient (Wildman–Crippen LogP) is 3.04. The fourth-order valence-electron chi connectivity index (χ4n) is 2.99. The first-order valence-electron chi connectivity index (χ1n) is 8.45. The van der Waals surface area contributed by atoms with Crippen molar-refractivity contribution in [3.05, 3.63) is 93.7 Å². The van der Waals surface area contributed by atoms with Gasteiger partial charge in [0.1, 0.15) is 5.82 Å². The second kappa shape index (κ2) is 6.97. The van der Waals surface area contributed by atoms with Crippen molar-refractivity contribution in [2.24, 2.45) is 0 Å². The van der Waals surface area contributed by atoms with Crippen LogP contribution >= 0.6 is 0 Å². The normalized spacial score (nSPS) is 12.6. The Bertz CT molecular complexity index is 1180. The Kier molecular flexibility index (Phi) is 4.32. The van der Waals surface area contributed by atoms with Gasteiger partial charge in [-0.1, -0.05) is 12.1 Å². The molecule has 0 spiro atoms. The van der Waals surface area contributed by atoms with Gasteiger partial charge < -0.3 is 5.32 Å². The quantitative estimate of drug-likeness (QED) is 0.416. The number of anilines is 2. The number of hydrogen-bond acceptors (Lipinski definition) is 6. The summed E-state index contributed by atoms with van der Waals surface area (Å²) in [7, 11) is 0. The van der Waals surface area contributed by atoms with Crippen molar-refractivity contribution in [3.63, 3.8) is 0 Å². The molecule has 2 heterocycles. The van der Waals surface area contributed by atoms with Gasteiger partial charge in [0, 0.05) is 23.9 Å². The number of imide groups is 1. The standard InChI is InChI=1S/C20H12N4O5/c25-18(22-17-6-1-2-9-21-17)12-7-8-15-16(10-12)20(27)23(19(15)26)13-4-3-5-14(11-13)24(28)29/h1-11H,(H,21,22,25). The van der Waals surface area contributed by atoms with E-state index in [0.29, 0.717) is 5.82 Å². The number of nitro groups is 1. The maximum absolute atomic E-state index is 12.8. The Balaban J connectivity index is 1.65. The molecule has 4 rings (SSSR count). The molecule has 9 heteroatoms. The van der Waals surface area contributed by atoms with E-state index in [-0.39, 0.29) is 28.1 Å². The number of non-ortho nitro benzene ring substituents is 1. The number of amides is 3. The smallest absolute Gasteiger partial charge is 0.271 e. The lowest BCUT2D eigenvalue weighted by Gasteiger charge is -2.13. The number of pyridine rings is 1. The minimum atomic E-state index is -0.655. The number of carbonyl (C=O) groups is 3. The first-order chi connectivity index (χ1) is 14.0. The van der Waals surface area contributed by atoms with Gasteiger partial charge in [-0.3, -0.25) is 24.5 Å². The summed E-state index contributed by atoms with van der Waals surface area (Å²) < 4.78 is 0. The third-order valence-corrected chi connectivity index (χ3v) is 4.35. The maximum atomic E-state index is 12.8. The van der Waals surface area contributed by atoms with Gasteiger partial charge in [0.2, 0.25) is 0 Å². The molecule has 3 aromatic rings. The zero-order valence-corrected chi connectivity index (χ0v) is 14.7. The molecule has 9 nitrogen and oxygen atoms in total. The highest BCUT2D eigenvalue weighted by atomic mass is 16.6. The molecule has 3 amide bonds. The van der Waals surface area contributed by atoms with Gasteiger partial charge >= 0.3 is 0 Å². The Labute approximate surface area is 163 Å². The van der Waals surface area contributed by atoms with Crippen molar-refractivity contribution in [1.29, 1.82) is 0 Å². The molecule has 29 heavy (non-hydrogen) atoms. The van der Waals surface area contributed by atoms with Crippen molar-refractivity contribution in [2.45, 2.75) is 0 Å². The summed E-state index contributed by atoms with van der Waals surface area (Å²) in [6, 6.07) is 14.4. The van der Waals surface area contributed by atoms with Gasteiger partial charge in [0.05, 0.1) is 21.7 Å². The van der Waals surface area contributed by atoms with Crippen LogP contribution in [0.2, 0.25) is 0 Å². The highest BCUT2D eigenvalue weighted by Crippen LogP contribution is 2.31. The van der Waals surface area contributed by atoms with Crippen molar-refractivity contribution >= 4 is 34.9 Å². The molecular weight excluding hydrogens is 376 g/mol. The molecule has 0 fully saturated rings. The number of nitrogens with zero attached hydrogens (tertiary/aromatic N) is 3. The zero-order valence-electron chi connectivity index (χ0n) is 14.7. The van der Waals surface area contributed by atoms with E-state index in [4.69, 9.17) is 0 Å². The van der Waals surface area contributed by atoms with Crippen molar-refractivity contribution in [1.82, 2.24) is 4.98 Å². The number of carbonyl (C=O) groups excluding carboxylic acids is 3. The molecular formula is C20H12N4O5. The minimum Gasteiger partial charge on any atom is -0.307 e. The van der Waals surface area contributed by atoms with Crippen LogP contribution < -0.4 is 10.2 Å². The van der Waals surface area contributed by atoms with E-state index in [1.165, 1.54) is 42.6 Å². The second-order valence-electron chi connectivity index (χ2n) is 6.15. The Morgan fingerprint density at radius 2 is 1.76 bits per heavy atom. The molecule has 0 unspecified atom stereocenters. The van der Waals surface area contributed by atoms with Crippen LogP contribution in [-0.2, 0) is 0 Å². The molecule has 0 radical (unpaired) electrons. The molecule has 0 aliphatic carbocycles. The highest BCUT2D eigenvalue weighted by molar-refractivity contribution is 6.34. The largest absolute Gasteiger partial charge is 0.307 e. The van der Waals surface area contributed by atoms with Crippen molar-refractivity contribution in [3.8, 4) is 0 Å². The van der Waals surface area contributed by atoms with Crippen LogP contribution in [0.4, 0.5) is 17.2 Å². The molecule has 2 aromatic carbocycles.